The second-order valence-electron chi connectivity index (χ2n) is 4.82. The molecule has 0 radical (unpaired) electrons. The van der Waals surface area contributed by atoms with Crippen LogP contribution in [0.2, 0.25) is 0 Å². The normalized spacial score (nSPS) is 11.9. The van der Waals surface area contributed by atoms with Crippen LogP contribution >= 0.6 is 0 Å². The SMILES string of the molecule is CCCCC(OC(CCCC)([N+](=O)[O-])[N+](=O)[O-])([N+](=O)[O-])[N+](=O)[O-]. The monoisotopic (exact) mass is 338 g/mol. The van der Waals surface area contributed by atoms with Gasteiger partial charge in [0.2, 0.25) is 0 Å². The van der Waals surface area contributed by atoms with E-state index in [-0.39, 0.29) is 12.8 Å². The smallest absolute Gasteiger partial charge is 0.256 e. The van der Waals surface area contributed by atoms with Gasteiger partial charge in [-0.25, -0.2) is 0 Å². The molecule has 132 valence electrons. The summed E-state index contributed by atoms with van der Waals surface area (Å²) in [5, 5.41) is 44.6. The molecular weight excluding hydrogens is 320 g/mol. The van der Waals surface area contributed by atoms with Crippen LogP contribution in [0.3, 0.4) is 0 Å². The van der Waals surface area contributed by atoms with E-state index in [1.165, 1.54) is 0 Å². The van der Waals surface area contributed by atoms with Crippen molar-refractivity contribution in [3.8, 4) is 0 Å². The molecule has 0 fully saturated rings. The maximum Gasteiger partial charge on any atom is 0.588 e. The van der Waals surface area contributed by atoms with E-state index in [2.05, 4.69) is 4.74 Å². The molecule has 23 heavy (non-hydrogen) atoms. The summed E-state index contributed by atoms with van der Waals surface area (Å²) < 4.78 is 4.48. The quantitative estimate of drug-likeness (QED) is 0.291. The molecule has 0 atom stereocenters. The van der Waals surface area contributed by atoms with E-state index in [0.29, 0.717) is 12.8 Å². The van der Waals surface area contributed by atoms with Gasteiger partial charge in [-0.3, -0.25) is 40.5 Å². The standard InChI is InChI=1S/C10H18N4O9/c1-3-5-7-9(11(15)16,12(17)18)23-10(13(19)20,14(21)22)8-6-4-2/h3-8H2,1-2H3. The maximum atomic E-state index is 11.2. The third-order valence-corrected chi connectivity index (χ3v) is 3.18. The van der Waals surface area contributed by atoms with E-state index in [4.69, 9.17) is 0 Å². The van der Waals surface area contributed by atoms with Gasteiger partial charge in [0.15, 0.2) is 0 Å². The summed E-state index contributed by atoms with van der Waals surface area (Å²) in [4.78, 5) is 38.8. The Labute approximate surface area is 130 Å². The molecule has 0 spiro atoms. The first kappa shape index (κ1) is 20.6. The molecule has 0 saturated heterocycles. The molecule has 0 saturated carbocycles. The summed E-state index contributed by atoms with van der Waals surface area (Å²) in [7, 11) is 0. The minimum Gasteiger partial charge on any atom is -0.256 e. The first-order chi connectivity index (χ1) is 10.6. The average molecular weight is 338 g/mol. The summed E-state index contributed by atoms with van der Waals surface area (Å²) in [6.45, 7) is 3.16. The van der Waals surface area contributed by atoms with Crippen molar-refractivity contribution in [1.82, 2.24) is 0 Å². The molecule has 0 rings (SSSR count). The molecule has 0 aromatic heterocycles. The molecule has 0 aliphatic carbocycles. The summed E-state index contributed by atoms with van der Waals surface area (Å²) in [6, 6.07) is 0. The molecule has 0 N–H and O–H groups in total. The van der Waals surface area contributed by atoms with Crippen LogP contribution in [0.4, 0.5) is 0 Å². The first-order valence-electron chi connectivity index (χ1n) is 6.88. The fourth-order valence-electron chi connectivity index (χ4n) is 1.83. The van der Waals surface area contributed by atoms with Crippen LogP contribution in [0.25, 0.3) is 0 Å². The van der Waals surface area contributed by atoms with Gasteiger partial charge in [0.05, 0.1) is 0 Å². The van der Waals surface area contributed by atoms with Gasteiger partial charge in [0.25, 0.3) is 0 Å². The van der Waals surface area contributed by atoms with Gasteiger partial charge in [0.1, 0.15) is 32.5 Å². The summed E-state index contributed by atoms with van der Waals surface area (Å²) in [5.41, 5.74) is 0. The first-order valence-corrected chi connectivity index (χ1v) is 6.88. The molecule has 0 aromatic rings. The Bertz CT molecular complexity index is 411. The van der Waals surface area contributed by atoms with Crippen LogP contribution in [0.1, 0.15) is 52.4 Å². The largest absolute Gasteiger partial charge is 0.588 e. The molecule has 0 unspecified atom stereocenters. The second-order valence-corrected chi connectivity index (χ2v) is 4.82. The van der Waals surface area contributed by atoms with Crippen molar-refractivity contribution in [2.45, 2.75) is 64.1 Å². The molecule has 13 nitrogen and oxygen atoms in total. The van der Waals surface area contributed by atoms with Crippen molar-refractivity contribution < 1.29 is 24.4 Å². The lowest BCUT2D eigenvalue weighted by molar-refractivity contribution is -0.935. The van der Waals surface area contributed by atoms with E-state index < -0.39 is 44.2 Å². The van der Waals surface area contributed by atoms with Gasteiger partial charge in [-0.1, -0.05) is 26.7 Å². The Kier molecular flexibility index (Phi) is 7.38. The predicted molar refractivity (Wildman–Crippen MR) is 73.6 cm³/mol. The van der Waals surface area contributed by atoms with Gasteiger partial charge in [-0.05, 0) is 12.8 Å². The van der Waals surface area contributed by atoms with Crippen molar-refractivity contribution in [3.63, 3.8) is 0 Å². The number of ether oxygens (including phenoxy) is 1. The second kappa shape index (κ2) is 8.26. The highest BCUT2D eigenvalue weighted by Crippen LogP contribution is 2.32. The van der Waals surface area contributed by atoms with Gasteiger partial charge in [-0.2, -0.15) is 0 Å². The Morgan fingerprint density at radius 2 is 0.957 bits per heavy atom. The van der Waals surface area contributed by atoms with Crippen LogP contribution in [-0.2, 0) is 4.74 Å². The molecule has 0 heterocycles. The van der Waals surface area contributed by atoms with Crippen LogP contribution in [0.15, 0.2) is 0 Å². The highest BCUT2D eigenvalue weighted by atomic mass is 16.8. The third-order valence-electron chi connectivity index (χ3n) is 3.18. The van der Waals surface area contributed by atoms with E-state index >= 15 is 0 Å². The van der Waals surface area contributed by atoms with Crippen molar-refractivity contribution in [3.05, 3.63) is 40.5 Å². The topological polar surface area (TPSA) is 182 Å². The summed E-state index contributed by atoms with van der Waals surface area (Å²) >= 11 is 0. The zero-order valence-electron chi connectivity index (χ0n) is 12.7. The van der Waals surface area contributed by atoms with E-state index in [1.807, 2.05) is 0 Å². The Hall–Kier alpha value is -2.44. The van der Waals surface area contributed by atoms with Crippen LogP contribution in [0, 0.1) is 40.5 Å². The zero-order valence-corrected chi connectivity index (χ0v) is 12.7. The van der Waals surface area contributed by atoms with Crippen LogP contribution < -0.4 is 0 Å². The molecule has 0 aliphatic rings. The minimum atomic E-state index is -3.44. The number of nitrogens with zero attached hydrogens (tertiary/aromatic N) is 4. The number of rotatable bonds is 12. The zero-order chi connectivity index (χ0) is 18.3. The summed E-state index contributed by atoms with van der Waals surface area (Å²) in [5.74, 6) is -6.88. The average Bonchev–Trinajstić information content (AvgIpc) is 2.45. The molecule has 13 heteroatoms. The van der Waals surface area contributed by atoms with Crippen molar-refractivity contribution in [1.29, 1.82) is 0 Å². The lowest BCUT2D eigenvalue weighted by atomic mass is 10.1. The van der Waals surface area contributed by atoms with E-state index in [0.717, 1.165) is 0 Å². The van der Waals surface area contributed by atoms with Crippen molar-refractivity contribution >= 4 is 0 Å². The van der Waals surface area contributed by atoms with Crippen molar-refractivity contribution in [2.24, 2.45) is 0 Å². The highest BCUT2D eigenvalue weighted by Gasteiger charge is 2.73. The Morgan fingerprint density at radius 3 is 1.13 bits per heavy atom. The number of unbranched alkanes of at least 4 members (excludes halogenated alkanes) is 2. The van der Waals surface area contributed by atoms with E-state index in [9.17, 15) is 40.5 Å². The van der Waals surface area contributed by atoms with Gasteiger partial charge < -0.3 is 0 Å². The fourth-order valence-corrected chi connectivity index (χ4v) is 1.83. The van der Waals surface area contributed by atoms with Gasteiger partial charge >= 0.3 is 11.7 Å². The lowest BCUT2D eigenvalue weighted by Gasteiger charge is -2.21. The molecular formula is C10H18N4O9. The predicted octanol–water partition coefficient (Wildman–Crippen LogP) is 1.80. The molecule has 0 bridgehead atoms. The maximum absolute atomic E-state index is 11.2. The minimum absolute atomic E-state index is 0.0682. The van der Waals surface area contributed by atoms with Gasteiger partial charge in [0, 0.05) is 0 Å². The Balaban J connectivity index is 6.02. The molecule has 0 aliphatic heterocycles. The molecule has 0 aromatic carbocycles. The summed E-state index contributed by atoms with van der Waals surface area (Å²) in [6.07, 6.45) is -1.18. The van der Waals surface area contributed by atoms with Crippen LogP contribution in [0.5, 0.6) is 0 Å². The number of hydrogen-bond acceptors (Lipinski definition) is 9. The Morgan fingerprint density at radius 1 is 0.696 bits per heavy atom. The van der Waals surface area contributed by atoms with Crippen LogP contribution in [-0.4, -0.2) is 31.4 Å². The van der Waals surface area contributed by atoms with E-state index in [1.54, 1.807) is 13.8 Å². The van der Waals surface area contributed by atoms with Crippen molar-refractivity contribution in [2.75, 3.05) is 0 Å². The lowest BCUT2D eigenvalue weighted by Crippen LogP contribution is -2.60. The van der Waals surface area contributed by atoms with Gasteiger partial charge in [-0.15, -0.1) is 4.74 Å². The number of hydrogen-bond donors (Lipinski definition) is 0. The fraction of sp³-hybridized carbons (Fsp3) is 1.00. The number of nitro groups is 4. The molecule has 0 amide bonds. The third kappa shape index (κ3) is 4.28. The highest BCUT2D eigenvalue weighted by molar-refractivity contribution is 4.63.